The van der Waals surface area contributed by atoms with Gasteiger partial charge in [0, 0.05) is 38.4 Å². The number of anilines is 1. The van der Waals surface area contributed by atoms with E-state index in [-0.39, 0.29) is 54.9 Å². The molecule has 0 spiro atoms. The lowest BCUT2D eigenvalue weighted by Gasteiger charge is -2.42. The van der Waals surface area contributed by atoms with Crippen molar-refractivity contribution < 1.29 is 27.5 Å². The van der Waals surface area contributed by atoms with Crippen molar-refractivity contribution in [3.63, 3.8) is 0 Å². The third kappa shape index (κ3) is 6.76. The van der Waals surface area contributed by atoms with Gasteiger partial charge in [-0.15, -0.1) is 0 Å². The van der Waals surface area contributed by atoms with Crippen LogP contribution in [-0.2, 0) is 26.1 Å². The number of hydrogen-bond donors (Lipinski definition) is 2. The summed E-state index contributed by atoms with van der Waals surface area (Å²) in [5.41, 5.74) is 1.89. The van der Waals surface area contributed by atoms with Gasteiger partial charge in [0.25, 0.3) is 5.91 Å². The lowest BCUT2D eigenvalue weighted by atomic mass is 9.94. The number of likely N-dealkylation sites (tertiary alicyclic amines) is 1. The van der Waals surface area contributed by atoms with E-state index in [1.54, 1.807) is 31.0 Å². The molecule has 40 heavy (non-hydrogen) atoms. The molecule has 0 unspecified atom stereocenters. The number of ether oxygens (including phenoxy) is 2. The number of sulfonamides is 1. The molecule has 0 saturated carbocycles. The van der Waals surface area contributed by atoms with Crippen LogP contribution < -0.4 is 14.8 Å². The maximum absolute atomic E-state index is 13.4. The molecule has 2 aromatic rings. The monoisotopic (exact) mass is 570 g/mol. The van der Waals surface area contributed by atoms with Gasteiger partial charge in [-0.3, -0.25) is 19.2 Å². The first-order valence-corrected chi connectivity index (χ1v) is 15.6. The minimum absolute atomic E-state index is 0.0152. The summed E-state index contributed by atoms with van der Waals surface area (Å²) in [5.74, 6) is 0.0312. The van der Waals surface area contributed by atoms with Gasteiger partial charge in [-0.1, -0.05) is 30.3 Å². The zero-order chi connectivity index (χ0) is 28.3. The summed E-state index contributed by atoms with van der Waals surface area (Å²) in [6.07, 6.45) is 1.91. The predicted molar refractivity (Wildman–Crippen MR) is 152 cm³/mol. The first-order chi connectivity index (χ1) is 19.2. The first-order valence-electron chi connectivity index (χ1n) is 14.0. The van der Waals surface area contributed by atoms with Crippen LogP contribution in [0.3, 0.4) is 0 Å². The van der Waals surface area contributed by atoms with E-state index < -0.39 is 10.0 Å². The van der Waals surface area contributed by atoms with E-state index in [0.717, 1.165) is 26.1 Å². The summed E-state index contributed by atoms with van der Waals surface area (Å²) >= 11 is 0. The molecule has 2 N–H and O–H groups in total. The van der Waals surface area contributed by atoms with Crippen molar-refractivity contribution in [2.45, 2.75) is 63.4 Å². The summed E-state index contributed by atoms with van der Waals surface area (Å²) in [4.78, 5) is 30.3. The SMILES string of the molecule is CCS(=O)(=O)Nc1ccc2c(c1)C(=O)N(C)[C@H]1CC[C@H](CC(=O)N[C@@H]3CCN(Cc4ccccc4)C3)O[C@@H]1CO2. The Morgan fingerprint density at radius 2 is 1.90 bits per heavy atom. The van der Waals surface area contributed by atoms with Crippen molar-refractivity contribution in [3.8, 4) is 5.75 Å². The minimum atomic E-state index is -3.48. The number of rotatable bonds is 8. The van der Waals surface area contributed by atoms with Crippen LogP contribution in [0.25, 0.3) is 0 Å². The molecule has 10 nitrogen and oxygen atoms in total. The first kappa shape index (κ1) is 28.4. The van der Waals surface area contributed by atoms with Crippen molar-refractivity contribution in [2.75, 3.05) is 37.2 Å². The number of hydrogen-bond acceptors (Lipinski definition) is 7. The molecule has 4 atom stereocenters. The Labute approximate surface area is 236 Å². The molecule has 2 aromatic carbocycles. The average molecular weight is 571 g/mol. The Morgan fingerprint density at radius 1 is 1.10 bits per heavy atom. The fraction of sp³-hybridized carbons (Fsp3) is 0.517. The van der Waals surface area contributed by atoms with Crippen LogP contribution in [0.5, 0.6) is 5.75 Å². The molecular weight excluding hydrogens is 532 g/mol. The van der Waals surface area contributed by atoms with Crippen LogP contribution in [0.2, 0.25) is 0 Å². The molecule has 0 aromatic heterocycles. The molecule has 3 aliphatic heterocycles. The van der Waals surface area contributed by atoms with E-state index in [1.165, 1.54) is 11.6 Å². The Balaban J connectivity index is 1.16. The molecule has 5 rings (SSSR count). The molecule has 3 heterocycles. The molecule has 0 radical (unpaired) electrons. The third-order valence-electron chi connectivity index (χ3n) is 7.96. The Morgan fingerprint density at radius 3 is 2.67 bits per heavy atom. The molecule has 2 amide bonds. The molecule has 216 valence electrons. The fourth-order valence-corrected chi connectivity index (χ4v) is 6.40. The van der Waals surface area contributed by atoms with E-state index in [4.69, 9.17) is 9.47 Å². The quantitative estimate of drug-likeness (QED) is 0.501. The van der Waals surface area contributed by atoms with E-state index in [0.29, 0.717) is 29.8 Å². The number of likely N-dealkylation sites (N-methyl/N-ethyl adjacent to an activating group) is 1. The van der Waals surface area contributed by atoms with Gasteiger partial charge in [0.15, 0.2) is 0 Å². The molecular formula is C29H38N4O6S. The van der Waals surface area contributed by atoms with E-state index in [2.05, 4.69) is 27.1 Å². The Hall–Kier alpha value is -3.15. The van der Waals surface area contributed by atoms with Gasteiger partial charge in [-0.2, -0.15) is 0 Å². The number of carbonyl (C=O) groups excluding carboxylic acids is 2. The van der Waals surface area contributed by atoms with Crippen LogP contribution in [-0.4, -0.2) is 86.8 Å². The van der Waals surface area contributed by atoms with Crippen molar-refractivity contribution in [1.29, 1.82) is 0 Å². The van der Waals surface area contributed by atoms with Gasteiger partial charge in [-0.05, 0) is 49.9 Å². The normalized spacial score (nSPS) is 25.2. The highest BCUT2D eigenvalue weighted by atomic mass is 32.2. The van der Waals surface area contributed by atoms with Crippen LogP contribution in [0.15, 0.2) is 48.5 Å². The van der Waals surface area contributed by atoms with Gasteiger partial charge < -0.3 is 19.7 Å². The van der Waals surface area contributed by atoms with Crippen molar-refractivity contribution in [2.24, 2.45) is 0 Å². The van der Waals surface area contributed by atoms with Crippen LogP contribution in [0.1, 0.15) is 48.5 Å². The van der Waals surface area contributed by atoms with Crippen LogP contribution in [0, 0.1) is 0 Å². The molecule has 0 bridgehead atoms. The van der Waals surface area contributed by atoms with Gasteiger partial charge in [-0.25, -0.2) is 8.42 Å². The average Bonchev–Trinajstić information content (AvgIpc) is 3.37. The smallest absolute Gasteiger partial charge is 0.257 e. The third-order valence-corrected chi connectivity index (χ3v) is 9.27. The van der Waals surface area contributed by atoms with Gasteiger partial charge in [0.1, 0.15) is 18.5 Å². The fourth-order valence-electron chi connectivity index (χ4n) is 5.77. The second kappa shape index (κ2) is 12.2. The second-order valence-electron chi connectivity index (χ2n) is 10.9. The number of benzene rings is 2. The molecule has 0 aliphatic carbocycles. The lowest BCUT2D eigenvalue weighted by molar-refractivity contribution is -0.134. The highest BCUT2D eigenvalue weighted by molar-refractivity contribution is 7.92. The number of nitrogens with zero attached hydrogens (tertiary/aromatic N) is 2. The number of fused-ring (bicyclic) bond motifs is 2. The molecule has 11 heteroatoms. The Kier molecular flexibility index (Phi) is 8.62. The van der Waals surface area contributed by atoms with Gasteiger partial charge in [0.2, 0.25) is 15.9 Å². The van der Waals surface area contributed by atoms with Crippen molar-refractivity contribution in [1.82, 2.24) is 15.1 Å². The second-order valence-corrected chi connectivity index (χ2v) is 12.9. The maximum Gasteiger partial charge on any atom is 0.257 e. The lowest BCUT2D eigenvalue weighted by Crippen LogP contribution is -2.54. The molecule has 2 saturated heterocycles. The number of nitrogens with one attached hydrogen (secondary N) is 2. The largest absolute Gasteiger partial charge is 0.490 e. The summed E-state index contributed by atoms with van der Waals surface area (Å²) in [6.45, 7) is 4.44. The Bertz CT molecular complexity index is 1320. The highest BCUT2D eigenvalue weighted by Gasteiger charge is 2.39. The highest BCUT2D eigenvalue weighted by Crippen LogP contribution is 2.32. The van der Waals surface area contributed by atoms with Gasteiger partial charge in [0.05, 0.1) is 29.9 Å². The van der Waals surface area contributed by atoms with Crippen molar-refractivity contribution in [3.05, 3.63) is 59.7 Å². The standard InChI is InChI=1S/C29H38N4O6S/c1-3-40(36,37)31-21-9-12-26-24(15-21)29(35)32(2)25-11-10-23(39-27(25)19-38-26)16-28(34)30-22-13-14-33(18-22)17-20-7-5-4-6-8-20/h4-9,12,15,22-23,25,27,31H,3,10-11,13-14,16-19H2,1-2H3,(H,30,34)/t22-,23-,25+,27-/m1/s1. The molecule has 3 aliphatic rings. The van der Waals surface area contributed by atoms with E-state index in [1.807, 2.05) is 18.2 Å². The van der Waals surface area contributed by atoms with E-state index >= 15 is 0 Å². The number of amides is 2. The van der Waals surface area contributed by atoms with Crippen LogP contribution >= 0.6 is 0 Å². The minimum Gasteiger partial charge on any atom is -0.490 e. The summed E-state index contributed by atoms with van der Waals surface area (Å²) < 4.78 is 38.8. The summed E-state index contributed by atoms with van der Waals surface area (Å²) in [7, 11) is -1.74. The van der Waals surface area contributed by atoms with Gasteiger partial charge >= 0.3 is 0 Å². The van der Waals surface area contributed by atoms with Crippen LogP contribution in [0.4, 0.5) is 5.69 Å². The zero-order valence-electron chi connectivity index (χ0n) is 23.0. The topological polar surface area (TPSA) is 117 Å². The summed E-state index contributed by atoms with van der Waals surface area (Å²) in [5, 5.41) is 3.19. The zero-order valence-corrected chi connectivity index (χ0v) is 23.9. The number of carbonyl (C=O) groups is 2. The summed E-state index contributed by atoms with van der Waals surface area (Å²) in [6, 6.07) is 15.0. The van der Waals surface area contributed by atoms with E-state index in [9.17, 15) is 18.0 Å². The predicted octanol–water partition coefficient (Wildman–Crippen LogP) is 2.61. The maximum atomic E-state index is 13.4. The molecule has 2 fully saturated rings. The van der Waals surface area contributed by atoms with Crippen molar-refractivity contribution >= 4 is 27.5 Å².